The minimum absolute atomic E-state index is 0.0364. The Labute approximate surface area is 124 Å². The number of hydrazine groups is 1. The van der Waals surface area contributed by atoms with Gasteiger partial charge in [0.1, 0.15) is 0 Å². The van der Waals surface area contributed by atoms with Crippen molar-refractivity contribution in [2.24, 2.45) is 11.8 Å². The second kappa shape index (κ2) is 5.77. The number of hydrogen-bond acceptors (Lipinski definition) is 4. The summed E-state index contributed by atoms with van der Waals surface area (Å²) in [6, 6.07) is 5.98. The van der Waals surface area contributed by atoms with Crippen molar-refractivity contribution in [3.63, 3.8) is 0 Å². The molecule has 1 heterocycles. The van der Waals surface area contributed by atoms with Crippen molar-refractivity contribution in [1.29, 1.82) is 0 Å². The van der Waals surface area contributed by atoms with E-state index in [2.05, 4.69) is 23.0 Å². The predicted molar refractivity (Wildman–Crippen MR) is 78.9 cm³/mol. The molecule has 5 heteroatoms. The van der Waals surface area contributed by atoms with Crippen LogP contribution in [-0.2, 0) is 4.79 Å². The molecule has 21 heavy (non-hydrogen) atoms. The SMILES string of the molecule is COc1ccc(C2NNC(=O)C3CC=CCC32)cc1OC. The molecule has 0 saturated carbocycles. The lowest BCUT2D eigenvalue weighted by Gasteiger charge is -2.39. The molecular weight excluding hydrogens is 268 g/mol. The van der Waals surface area contributed by atoms with Crippen LogP contribution in [0.4, 0.5) is 0 Å². The molecular formula is C16H20N2O3. The number of methoxy groups -OCH3 is 2. The van der Waals surface area contributed by atoms with Crippen molar-refractivity contribution >= 4 is 5.91 Å². The van der Waals surface area contributed by atoms with Gasteiger partial charge in [-0.25, -0.2) is 5.43 Å². The normalized spacial score (nSPS) is 27.7. The molecule has 3 atom stereocenters. The number of nitrogens with one attached hydrogen (secondary N) is 2. The van der Waals surface area contributed by atoms with Crippen molar-refractivity contribution in [2.75, 3.05) is 14.2 Å². The molecule has 1 aromatic carbocycles. The van der Waals surface area contributed by atoms with Crippen LogP contribution in [0.25, 0.3) is 0 Å². The maximum atomic E-state index is 12.0. The van der Waals surface area contributed by atoms with Crippen LogP contribution in [0.2, 0.25) is 0 Å². The molecule has 5 nitrogen and oxygen atoms in total. The Morgan fingerprint density at radius 2 is 1.86 bits per heavy atom. The third kappa shape index (κ3) is 2.49. The smallest absolute Gasteiger partial charge is 0.237 e. The summed E-state index contributed by atoms with van der Waals surface area (Å²) in [5, 5.41) is 0. The minimum atomic E-state index is 0.0364. The van der Waals surface area contributed by atoms with E-state index in [1.807, 2.05) is 18.2 Å². The highest BCUT2D eigenvalue weighted by Gasteiger charge is 2.39. The van der Waals surface area contributed by atoms with Crippen LogP contribution in [-0.4, -0.2) is 20.1 Å². The monoisotopic (exact) mass is 288 g/mol. The second-order valence-electron chi connectivity index (χ2n) is 5.44. The van der Waals surface area contributed by atoms with Crippen LogP contribution in [0.15, 0.2) is 30.4 Å². The van der Waals surface area contributed by atoms with E-state index in [1.54, 1.807) is 14.2 Å². The standard InChI is InChI=1S/C16H20N2O3/c1-20-13-8-7-10(9-14(13)21-2)15-11-5-3-4-6-12(11)16(19)18-17-15/h3-4,7-9,11-12,15,17H,5-6H2,1-2H3,(H,18,19). The van der Waals surface area contributed by atoms with Crippen molar-refractivity contribution in [3.8, 4) is 11.5 Å². The van der Waals surface area contributed by atoms with Crippen LogP contribution >= 0.6 is 0 Å². The van der Waals surface area contributed by atoms with Gasteiger partial charge in [0, 0.05) is 5.92 Å². The van der Waals surface area contributed by atoms with Gasteiger partial charge in [-0.15, -0.1) is 0 Å². The zero-order valence-corrected chi connectivity index (χ0v) is 12.3. The zero-order valence-electron chi connectivity index (χ0n) is 12.3. The van der Waals surface area contributed by atoms with Gasteiger partial charge in [-0.05, 0) is 36.5 Å². The summed E-state index contributed by atoms with van der Waals surface area (Å²) in [4.78, 5) is 12.0. The van der Waals surface area contributed by atoms with E-state index in [-0.39, 0.29) is 23.8 Å². The van der Waals surface area contributed by atoms with Gasteiger partial charge in [0.15, 0.2) is 11.5 Å². The molecule has 1 fully saturated rings. The number of carbonyl (C=O) groups excluding carboxylic acids is 1. The summed E-state index contributed by atoms with van der Waals surface area (Å²) in [6.45, 7) is 0. The average Bonchev–Trinajstić information content (AvgIpc) is 2.55. The first-order valence-electron chi connectivity index (χ1n) is 7.17. The highest BCUT2D eigenvalue weighted by atomic mass is 16.5. The fourth-order valence-corrected chi connectivity index (χ4v) is 3.23. The van der Waals surface area contributed by atoms with E-state index in [9.17, 15) is 4.79 Å². The van der Waals surface area contributed by atoms with E-state index in [0.717, 1.165) is 18.4 Å². The largest absolute Gasteiger partial charge is 0.493 e. The Balaban J connectivity index is 1.92. The van der Waals surface area contributed by atoms with E-state index in [0.29, 0.717) is 11.5 Å². The molecule has 1 amide bonds. The van der Waals surface area contributed by atoms with Crippen LogP contribution in [0.3, 0.4) is 0 Å². The summed E-state index contributed by atoms with van der Waals surface area (Å²) >= 11 is 0. The van der Waals surface area contributed by atoms with Gasteiger partial charge in [-0.1, -0.05) is 18.2 Å². The number of allylic oxidation sites excluding steroid dienone is 2. The molecule has 1 saturated heterocycles. The molecule has 0 radical (unpaired) electrons. The number of ether oxygens (including phenoxy) is 2. The molecule has 3 rings (SSSR count). The third-order valence-corrected chi connectivity index (χ3v) is 4.36. The van der Waals surface area contributed by atoms with Crippen molar-refractivity contribution in [1.82, 2.24) is 10.9 Å². The molecule has 112 valence electrons. The lowest BCUT2D eigenvalue weighted by Crippen LogP contribution is -2.54. The summed E-state index contributed by atoms with van der Waals surface area (Å²) in [5.41, 5.74) is 7.04. The fourth-order valence-electron chi connectivity index (χ4n) is 3.23. The Kier molecular flexibility index (Phi) is 3.84. The highest BCUT2D eigenvalue weighted by molar-refractivity contribution is 5.80. The van der Waals surface area contributed by atoms with Crippen LogP contribution in [0, 0.1) is 11.8 Å². The first-order chi connectivity index (χ1) is 10.2. The summed E-state index contributed by atoms with van der Waals surface area (Å²) in [7, 11) is 3.25. The number of hydrogen-bond donors (Lipinski definition) is 2. The molecule has 2 aliphatic rings. The lowest BCUT2D eigenvalue weighted by molar-refractivity contribution is -0.132. The fraction of sp³-hybridized carbons (Fsp3) is 0.438. The van der Waals surface area contributed by atoms with E-state index >= 15 is 0 Å². The van der Waals surface area contributed by atoms with Crippen molar-refractivity contribution in [2.45, 2.75) is 18.9 Å². The number of fused-ring (bicyclic) bond motifs is 1. The van der Waals surface area contributed by atoms with Crippen molar-refractivity contribution in [3.05, 3.63) is 35.9 Å². The Morgan fingerprint density at radius 3 is 2.62 bits per heavy atom. The number of carbonyl (C=O) groups is 1. The summed E-state index contributed by atoms with van der Waals surface area (Å²) in [5.74, 6) is 1.80. The van der Waals surface area contributed by atoms with Crippen LogP contribution < -0.4 is 20.3 Å². The van der Waals surface area contributed by atoms with Crippen LogP contribution in [0.1, 0.15) is 24.4 Å². The maximum absolute atomic E-state index is 12.0. The highest BCUT2D eigenvalue weighted by Crippen LogP contribution is 2.40. The molecule has 1 aromatic rings. The summed E-state index contributed by atoms with van der Waals surface area (Å²) in [6.07, 6.45) is 5.97. The van der Waals surface area contributed by atoms with Gasteiger partial charge in [-0.2, -0.15) is 0 Å². The van der Waals surface area contributed by atoms with E-state index in [1.165, 1.54) is 0 Å². The molecule has 0 spiro atoms. The first kappa shape index (κ1) is 13.9. The van der Waals surface area contributed by atoms with Gasteiger partial charge < -0.3 is 9.47 Å². The Bertz CT molecular complexity index is 571. The second-order valence-corrected chi connectivity index (χ2v) is 5.44. The zero-order chi connectivity index (χ0) is 14.8. The molecule has 0 aromatic heterocycles. The van der Waals surface area contributed by atoms with Crippen LogP contribution in [0.5, 0.6) is 11.5 Å². The minimum Gasteiger partial charge on any atom is -0.493 e. The average molecular weight is 288 g/mol. The van der Waals surface area contributed by atoms with Gasteiger partial charge in [-0.3, -0.25) is 10.2 Å². The van der Waals surface area contributed by atoms with Gasteiger partial charge in [0.2, 0.25) is 5.91 Å². The van der Waals surface area contributed by atoms with Gasteiger partial charge >= 0.3 is 0 Å². The quantitative estimate of drug-likeness (QED) is 0.835. The van der Waals surface area contributed by atoms with Crippen molar-refractivity contribution < 1.29 is 14.3 Å². The number of benzene rings is 1. The lowest BCUT2D eigenvalue weighted by atomic mass is 9.75. The Morgan fingerprint density at radius 1 is 1.10 bits per heavy atom. The molecule has 1 aliphatic heterocycles. The number of rotatable bonds is 3. The van der Waals surface area contributed by atoms with Gasteiger partial charge in [0.25, 0.3) is 0 Å². The number of amides is 1. The predicted octanol–water partition coefficient (Wildman–Crippen LogP) is 1.96. The molecule has 1 aliphatic carbocycles. The first-order valence-corrected chi connectivity index (χ1v) is 7.17. The topological polar surface area (TPSA) is 59.6 Å². The molecule has 3 unspecified atom stereocenters. The van der Waals surface area contributed by atoms with E-state index in [4.69, 9.17) is 9.47 Å². The molecule has 0 bridgehead atoms. The maximum Gasteiger partial charge on any atom is 0.237 e. The van der Waals surface area contributed by atoms with Gasteiger partial charge in [0.05, 0.1) is 20.3 Å². The summed E-state index contributed by atoms with van der Waals surface area (Å²) < 4.78 is 10.6. The molecule has 2 N–H and O–H groups in total. The van der Waals surface area contributed by atoms with E-state index < -0.39 is 0 Å². The third-order valence-electron chi connectivity index (χ3n) is 4.36. The Hall–Kier alpha value is -2.01.